The van der Waals surface area contributed by atoms with Gasteiger partial charge in [-0.25, -0.2) is 0 Å². The maximum Gasteiger partial charge on any atom is 0.0725 e. The Bertz CT molecular complexity index is 3570. The second kappa shape index (κ2) is 15.3. The largest absolute Gasteiger partial charge is 0.310 e. The molecule has 11 aromatic carbocycles. The summed E-state index contributed by atoms with van der Waals surface area (Å²) in [6.07, 6.45) is 0. The fourth-order valence-corrected chi connectivity index (χ4v) is 11.3. The predicted octanol–water partition coefficient (Wildman–Crippen LogP) is 17.3. The number of nitrogens with zero attached hydrogens (tertiary/aromatic N) is 1. The molecule has 13 rings (SSSR count). The maximum atomic E-state index is 2.41. The van der Waals surface area contributed by atoms with E-state index in [0.717, 1.165) is 17.1 Å². The van der Waals surface area contributed by atoms with Crippen LogP contribution in [-0.4, -0.2) is 0 Å². The van der Waals surface area contributed by atoms with Gasteiger partial charge in [-0.15, -0.1) is 0 Å². The fourth-order valence-electron chi connectivity index (χ4n) is 11.3. The Morgan fingerprint density at radius 3 is 1.32 bits per heavy atom. The predicted molar refractivity (Wildman–Crippen MR) is 277 cm³/mol. The molecule has 0 radical (unpaired) electrons. The highest BCUT2D eigenvalue weighted by Gasteiger charge is 2.51. The van der Waals surface area contributed by atoms with Crippen molar-refractivity contribution in [2.75, 3.05) is 4.90 Å². The van der Waals surface area contributed by atoms with E-state index in [9.17, 15) is 0 Å². The first-order valence-electron chi connectivity index (χ1n) is 22.9. The third-order valence-electron chi connectivity index (χ3n) is 14.1. The SMILES string of the molecule is c1ccc(-c2ccc(N(c3ccc(-c4cccc5c4-c4ccccc4C54c5ccccc5-c5ccccc54)cc3)c3ccc(-c4cccc5ccccc45)cc3)cc2-c2ccccc2)cc1. The molecule has 0 saturated carbocycles. The first kappa shape index (κ1) is 38.0. The maximum absolute atomic E-state index is 2.41. The van der Waals surface area contributed by atoms with Crippen LogP contribution in [0.2, 0.25) is 0 Å². The highest BCUT2D eigenvalue weighted by molar-refractivity contribution is 6.01. The summed E-state index contributed by atoms with van der Waals surface area (Å²) < 4.78 is 0. The van der Waals surface area contributed by atoms with E-state index in [1.807, 2.05) is 0 Å². The average Bonchev–Trinajstić information content (AvgIpc) is 3.87. The molecule has 1 nitrogen and oxygen atoms in total. The summed E-state index contributed by atoms with van der Waals surface area (Å²) in [5.74, 6) is 0. The van der Waals surface area contributed by atoms with Gasteiger partial charge >= 0.3 is 0 Å². The van der Waals surface area contributed by atoms with E-state index in [-0.39, 0.29) is 5.41 Å². The van der Waals surface area contributed by atoms with Gasteiger partial charge in [0.1, 0.15) is 0 Å². The zero-order valence-electron chi connectivity index (χ0n) is 36.3. The lowest BCUT2D eigenvalue weighted by molar-refractivity contribution is 0.794. The van der Waals surface area contributed by atoms with E-state index in [1.54, 1.807) is 0 Å². The standard InChI is InChI=1S/C65H43N/c1-3-17-44(18-4-1)54-42-41-51(43-59(54)46-19-5-2-6-20-46)66(49-37-33-47(34-38-49)53-27-15-22-45-21-7-8-23-52(45)53)50-39-35-48(36-40-50)55-28-16-32-63-64(55)58-26-11-14-31-62(58)65(63)60-29-12-9-24-56(60)57-25-10-13-30-61(57)65/h1-43H. The molecule has 308 valence electrons. The van der Waals surface area contributed by atoms with E-state index >= 15 is 0 Å². The molecule has 1 spiro atoms. The summed E-state index contributed by atoms with van der Waals surface area (Å²) in [7, 11) is 0. The van der Waals surface area contributed by atoms with Gasteiger partial charge in [0.2, 0.25) is 0 Å². The van der Waals surface area contributed by atoms with Crippen molar-refractivity contribution in [3.05, 3.63) is 283 Å². The van der Waals surface area contributed by atoms with E-state index in [0.29, 0.717) is 0 Å². The molecule has 1 heteroatoms. The van der Waals surface area contributed by atoms with Gasteiger partial charge in [0.05, 0.1) is 5.41 Å². The van der Waals surface area contributed by atoms with Crippen molar-refractivity contribution in [1.82, 2.24) is 0 Å². The topological polar surface area (TPSA) is 3.24 Å². The molecule has 0 aliphatic heterocycles. The zero-order chi connectivity index (χ0) is 43.6. The molecule has 11 aromatic rings. The van der Waals surface area contributed by atoms with E-state index in [1.165, 1.54) is 99.8 Å². The van der Waals surface area contributed by atoms with Crippen molar-refractivity contribution >= 4 is 27.8 Å². The molecule has 0 fully saturated rings. The van der Waals surface area contributed by atoms with Gasteiger partial charge in [0, 0.05) is 17.1 Å². The summed E-state index contributed by atoms with van der Waals surface area (Å²) in [6.45, 7) is 0. The van der Waals surface area contributed by atoms with Crippen molar-refractivity contribution in [1.29, 1.82) is 0 Å². The first-order valence-corrected chi connectivity index (χ1v) is 22.9. The van der Waals surface area contributed by atoms with E-state index in [4.69, 9.17) is 0 Å². The van der Waals surface area contributed by atoms with Crippen LogP contribution in [0, 0.1) is 0 Å². The van der Waals surface area contributed by atoms with Crippen LogP contribution in [0.3, 0.4) is 0 Å². The third kappa shape index (κ3) is 5.80. The molecule has 0 aromatic heterocycles. The van der Waals surface area contributed by atoms with Crippen molar-refractivity contribution in [2.24, 2.45) is 0 Å². The molecule has 0 amide bonds. The molecule has 0 atom stereocenters. The smallest absolute Gasteiger partial charge is 0.0725 e. The lowest BCUT2D eigenvalue weighted by Crippen LogP contribution is -2.25. The van der Waals surface area contributed by atoms with Gasteiger partial charge in [-0.05, 0) is 136 Å². The Kier molecular flexibility index (Phi) is 8.82. The molecule has 0 saturated heterocycles. The van der Waals surface area contributed by atoms with Crippen molar-refractivity contribution in [3.8, 4) is 66.8 Å². The highest BCUT2D eigenvalue weighted by Crippen LogP contribution is 2.64. The first-order chi connectivity index (χ1) is 32.8. The van der Waals surface area contributed by atoms with Gasteiger partial charge < -0.3 is 4.90 Å². The van der Waals surface area contributed by atoms with Crippen LogP contribution in [0.4, 0.5) is 17.1 Å². The number of hydrogen-bond acceptors (Lipinski definition) is 1. The van der Waals surface area contributed by atoms with Crippen LogP contribution in [0.25, 0.3) is 77.5 Å². The zero-order valence-corrected chi connectivity index (χ0v) is 36.3. The molecule has 0 heterocycles. The number of hydrogen-bond donors (Lipinski definition) is 0. The van der Waals surface area contributed by atoms with Crippen LogP contribution in [0.15, 0.2) is 261 Å². The summed E-state index contributed by atoms with van der Waals surface area (Å²) in [6, 6.07) is 96.1. The Morgan fingerprint density at radius 2 is 0.667 bits per heavy atom. The monoisotopic (exact) mass is 837 g/mol. The van der Waals surface area contributed by atoms with Crippen molar-refractivity contribution in [3.63, 3.8) is 0 Å². The summed E-state index contributed by atoms with van der Waals surface area (Å²) in [5.41, 5.74) is 23.2. The van der Waals surface area contributed by atoms with Gasteiger partial charge in [-0.1, -0.05) is 224 Å². The third-order valence-corrected chi connectivity index (χ3v) is 14.1. The van der Waals surface area contributed by atoms with Crippen LogP contribution in [0.5, 0.6) is 0 Å². The number of rotatable bonds is 7. The fraction of sp³-hybridized carbons (Fsp3) is 0.0154. The molecule has 2 aliphatic rings. The average molecular weight is 838 g/mol. The molecular formula is C65H43N. The van der Waals surface area contributed by atoms with Gasteiger partial charge in [0.25, 0.3) is 0 Å². The van der Waals surface area contributed by atoms with E-state index < -0.39 is 0 Å². The molecule has 0 unspecified atom stereocenters. The van der Waals surface area contributed by atoms with Gasteiger partial charge in [0.15, 0.2) is 0 Å². The Balaban J connectivity index is 0.966. The summed E-state index contributed by atoms with van der Waals surface area (Å²) in [4.78, 5) is 2.41. The van der Waals surface area contributed by atoms with Gasteiger partial charge in [-0.3, -0.25) is 0 Å². The summed E-state index contributed by atoms with van der Waals surface area (Å²) >= 11 is 0. The molecular weight excluding hydrogens is 795 g/mol. The second-order valence-corrected chi connectivity index (χ2v) is 17.5. The van der Waals surface area contributed by atoms with Crippen molar-refractivity contribution in [2.45, 2.75) is 5.41 Å². The normalized spacial score (nSPS) is 12.7. The quantitative estimate of drug-likeness (QED) is 0.155. The van der Waals surface area contributed by atoms with Crippen LogP contribution >= 0.6 is 0 Å². The second-order valence-electron chi connectivity index (χ2n) is 17.5. The summed E-state index contributed by atoms with van der Waals surface area (Å²) in [5, 5.41) is 2.50. The number of fused-ring (bicyclic) bond motifs is 11. The van der Waals surface area contributed by atoms with Crippen LogP contribution in [0.1, 0.15) is 22.3 Å². The molecule has 0 N–H and O–H groups in total. The Hall–Kier alpha value is -8.52. The Morgan fingerprint density at radius 1 is 0.242 bits per heavy atom. The minimum absolute atomic E-state index is 0.383. The van der Waals surface area contributed by atoms with Crippen molar-refractivity contribution < 1.29 is 0 Å². The van der Waals surface area contributed by atoms with Gasteiger partial charge in [-0.2, -0.15) is 0 Å². The van der Waals surface area contributed by atoms with Crippen LogP contribution < -0.4 is 4.90 Å². The lowest BCUT2D eigenvalue weighted by atomic mass is 9.70. The lowest BCUT2D eigenvalue weighted by Gasteiger charge is -2.30. The molecule has 0 bridgehead atoms. The molecule has 66 heavy (non-hydrogen) atoms. The Labute approximate surface area is 386 Å². The van der Waals surface area contributed by atoms with Crippen LogP contribution in [-0.2, 0) is 5.41 Å². The number of benzene rings is 11. The minimum atomic E-state index is -0.383. The molecule has 2 aliphatic carbocycles. The van der Waals surface area contributed by atoms with E-state index in [2.05, 4.69) is 266 Å². The highest BCUT2D eigenvalue weighted by atomic mass is 15.1. The number of anilines is 3. The minimum Gasteiger partial charge on any atom is -0.310 e.